The lowest BCUT2D eigenvalue weighted by atomic mass is 9.69. The topological polar surface area (TPSA) is 15.3 Å². The first-order valence-electron chi connectivity index (χ1n) is 8.61. The molecule has 0 aromatic heterocycles. The van der Waals surface area contributed by atoms with Crippen molar-refractivity contribution in [3.8, 4) is 0 Å². The fourth-order valence-electron chi connectivity index (χ4n) is 4.42. The van der Waals surface area contributed by atoms with Crippen LogP contribution in [0.25, 0.3) is 0 Å². The third-order valence-electron chi connectivity index (χ3n) is 5.60. The van der Waals surface area contributed by atoms with Crippen molar-refractivity contribution in [3.05, 3.63) is 0 Å². The summed E-state index contributed by atoms with van der Waals surface area (Å²) >= 11 is 0. The third-order valence-corrected chi connectivity index (χ3v) is 5.60. The van der Waals surface area contributed by atoms with Gasteiger partial charge in [0.05, 0.1) is 0 Å². The van der Waals surface area contributed by atoms with Crippen LogP contribution in [0.3, 0.4) is 0 Å². The number of rotatable bonds is 5. The first-order chi connectivity index (χ1) is 9.15. The van der Waals surface area contributed by atoms with Crippen molar-refractivity contribution in [2.24, 2.45) is 17.3 Å². The molecule has 19 heavy (non-hydrogen) atoms. The van der Waals surface area contributed by atoms with E-state index in [1.165, 1.54) is 71.1 Å². The van der Waals surface area contributed by atoms with Crippen molar-refractivity contribution in [1.82, 2.24) is 10.2 Å². The number of nitrogens with one attached hydrogen (secondary N) is 1. The largest absolute Gasteiger partial charge is 0.313 e. The molecule has 0 spiro atoms. The zero-order chi connectivity index (χ0) is 13.3. The summed E-state index contributed by atoms with van der Waals surface area (Å²) in [7, 11) is 0. The van der Waals surface area contributed by atoms with E-state index in [0.29, 0.717) is 5.41 Å². The SMILES string of the molecule is CC1CCN(CC2(CNC3CC3)CCCC(C)C2)C1. The zero-order valence-electron chi connectivity index (χ0n) is 13.0. The number of hydrogen-bond donors (Lipinski definition) is 1. The molecule has 0 aromatic carbocycles. The quantitative estimate of drug-likeness (QED) is 0.820. The Balaban J connectivity index is 1.60. The van der Waals surface area contributed by atoms with Crippen LogP contribution in [0.2, 0.25) is 0 Å². The maximum atomic E-state index is 3.85. The molecular formula is C17H32N2. The van der Waals surface area contributed by atoms with Gasteiger partial charge in [-0.15, -0.1) is 0 Å². The van der Waals surface area contributed by atoms with Gasteiger partial charge in [-0.3, -0.25) is 0 Å². The number of nitrogens with zero attached hydrogens (tertiary/aromatic N) is 1. The summed E-state index contributed by atoms with van der Waals surface area (Å²) in [5, 5.41) is 3.85. The van der Waals surface area contributed by atoms with Crippen molar-refractivity contribution >= 4 is 0 Å². The first-order valence-corrected chi connectivity index (χ1v) is 8.61. The number of likely N-dealkylation sites (tertiary alicyclic amines) is 1. The monoisotopic (exact) mass is 264 g/mol. The van der Waals surface area contributed by atoms with Crippen LogP contribution in [0.5, 0.6) is 0 Å². The standard InChI is InChI=1S/C17H32N2/c1-14-4-3-8-17(10-14,12-18-16-5-6-16)13-19-9-7-15(2)11-19/h14-16,18H,3-13H2,1-2H3. The zero-order valence-corrected chi connectivity index (χ0v) is 13.0. The predicted octanol–water partition coefficient (Wildman–Crippen LogP) is 3.28. The highest BCUT2D eigenvalue weighted by Crippen LogP contribution is 2.41. The second kappa shape index (κ2) is 5.73. The molecule has 1 aliphatic heterocycles. The smallest absolute Gasteiger partial charge is 0.00684 e. The molecule has 0 aromatic rings. The molecule has 3 fully saturated rings. The van der Waals surface area contributed by atoms with Crippen LogP contribution < -0.4 is 5.32 Å². The summed E-state index contributed by atoms with van der Waals surface area (Å²) in [6.45, 7) is 10.2. The Morgan fingerprint density at radius 3 is 2.58 bits per heavy atom. The van der Waals surface area contributed by atoms with E-state index < -0.39 is 0 Å². The average Bonchev–Trinajstić information content (AvgIpc) is 3.11. The molecule has 2 aliphatic carbocycles. The maximum Gasteiger partial charge on any atom is 0.00684 e. The lowest BCUT2D eigenvalue weighted by Gasteiger charge is -2.43. The average molecular weight is 264 g/mol. The van der Waals surface area contributed by atoms with Crippen LogP contribution in [0, 0.1) is 17.3 Å². The highest BCUT2D eigenvalue weighted by atomic mass is 15.2. The van der Waals surface area contributed by atoms with Crippen molar-refractivity contribution in [2.75, 3.05) is 26.2 Å². The molecule has 2 heteroatoms. The fraction of sp³-hybridized carbons (Fsp3) is 1.00. The Morgan fingerprint density at radius 2 is 1.95 bits per heavy atom. The molecule has 3 aliphatic rings. The van der Waals surface area contributed by atoms with E-state index >= 15 is 0 Å². The van der Waals surface area contributed by atoms with Gasteiger partial charge in [0.25, 0.3) is 0 Å². The molecule has 3 rings (SSSR count). The Morgan fingerprint density at radius 1 is 1.11 bits per heavy atom. The molecule has 0 amide bonds. The van der Waals surface area contributed by atoms with Gasteiger partial charge in [-0.25, -0.2) is 0 Å². The van der Waals surface area contributed by atoms with Crippen LogP contribution in [0.15, 0.2) is 0 Å². The summed E-state index contributed by atoms with van der Waals surface area (Å²) < 4.78 is 0. The minimum Gasteiger partial charge on any atom is -0.313 e. The van der Waals surface area contributed by atoms with Gasteiger partial charge < -0.3 is 10.2 Å². The van der Waals surface area contributed by atoms with Gasteiger partial charge in [0, 0.05) is 25.7 Å². The summed E-state index contributed by atoms with van der Waals surface area (Å²) in [6.07, 6.45) is 10.1. The molecule has 0 bridgehead atoms. The Bertz CT molecular complexity index is 300. The van der Waals surface area contributed by atoms with Gasteiger partial charge in [-0.05, 0) is 55.9 Å². The molecular weight excluding hydrogens is 232 g/mol. The lowest BCUT2D eigenvalue weighted by molar-refractivity contribution is 0.0893. The third kappa shape index (κ3) is 3.72. The molecule has 1 saturated heterocycles. The summed E-state index contributed by atoms with van der Waals surface area (Å²) in [6, 6.07) is 0.867. The highest BCUT2D eigenvalue weighted by molar-refractivity contribution is 4.93. The molecule has 3 atom stereocenters. The second-order valence-corrected chi connectivity index (χ2v) is 7.99. The minimum atomic E-state index is 0.588. The van der Waals surface area contributed by atoms with E-state index in [1.807, 2.05) is 0 Å². The summed E-state index contributed by atoms with van der Waals surface area (Å²) in [5.41, 5.74) is 0.588. The van der Waals surface area contributed by atoms with Crippen LogP contribution in [0.1, 0.15) is 58.8 Å². The van der Waals surface area contributed by atoms with Gasteiger partial charge in [-0.2, -0.15) is 0 Å². The maximum absolute atomic E-state index is 3.85. The van der Waals surface area contributed by atoms with E-state index in [-0.39, 0.29) is 0 Å². The van der Waals surface area contributed by atoms with Crippen molar-refractivity contribution in [1.29, 1.82) is 0 Å². The molecule has 1 heterocycles. The van der Waals surface area contributed by atoms with Gasteiger partial charge >= 0.3 is 0 Å². The van der Waals surface area contributed by atoms with E-state index in [1.54, 1.807) is 0 Å². The summed E-state index contributed by atoms with van der Waals surface area (Å²) in [4.78, 5) is 2.76. The van der Waals surface area contributed by atoms with Gasteiger partial charge in [-0.1, -0.05) is 26.7 Å². The molecule has 110 valence electrons. The van der Waals surface area contributed by atoms with Crippen molar-refractivity contribution < 1.29 is 0 Å². The molecule has 2 nitrogen and oxygen atoms in total. The van der Waals surface area contributed by atoms with Gasteiger partial charge in [0.15, 0.2) is 0 Å². The van der Waals surface area contributed by atoms with Crippen LogP contribution >= 0.6 is 0 Å². The predicted molar refractivity (Wildman–Crippen MR) is 81.3 cm³/mol. The molecule has 1 N–H and O–H groups in total. The Hall–Kier alpha value is -0.0800. The van der Waals surface area contributed by atoms with E-state index in [9.17, 15) is 0 Å². The van der Waals surface area contributed by atoms with Crippen LogP contribution in [-0.2, 0) is 0 Å². The Labute approximate surface area is 119 Å². The second-order valence-electron chi connectivity index (χ2n) is 7.99. The normalized spacial score (nSPS) is 40.7. The van der Waals surface area contributed by atoms with Crippen LogP contribution in [0.4, 0.5) is 0 Å². The molecule has 3 unspecified atom stereocenters. The Kier molecular flexibility index (Phi) is 4.19. The first kappa shape index (κ1) is 13.9. The molecule has 0 radical (unpaired) electrons. The van der Waals surface area contributed by atoms with Gasteiger partial charge in [0.1, 0.15) is 0 Å². The van der Waals surface area contributed by atoms with E-state index in [2.05, 4.69) is 24.1 Å². The highest BCUT2D eigenvalue weighted by Gasteiger charge is 2.38. The van der Waals surface area contributed by atoms with E-state index in [4.69, 9.17) is 0 Å². The van der Waals surface area contributed by atoms with Crippen molar-refractivity contribution in [2.45, 2.75) is 64.8 Å². The fourth-order valence-corrected chi connectivity index (χ4v) is 4.42. The van der Waals surface area contributed by atoms with E-state index in [0.717, 1.165) is 17.9 Å². The van der Waals surface area contributed by atoms with Crippen molar-refractivity contribution in [3.63, 3.8) is 0 Å². The van der Waals surface area contributed by atoms with Gasteiger partial charge in [0.2, 0.25) is 0 Å². The number of hydrogen-bond acceptors (Lipinski definition) is 2. The summed E-state index contributed by atoms with van der Waals surface area (Å²) in [5.74, 6) is 1.87. The van der Waals surface area contributed by atoms with Crippen LogP contribution in [-0.4, -0.2) is 37.1 Å². The molecule has 2 saturated carbocycles. The minimum absolute atomic E-state index is 0.588. The lowest BCUT2D eigenvalue weighted by Crippen LogP contribution is -2.46.